The lowest BCUT2D eigenvalue weighted by Gasteiger charge is -2.18. The van der Waals surface area contributed by atoms with Crippen LogP contribution in [0.1, 0.15) is 60.2 Å². The smallest absolute Gasteiger partial charge is 0.251 e. The maximum atomic E-state index is 12.7. The Morgan fingerprint density at radius 2 is 1.80 bits per heavy atom. The number of amides is 1. The second kappa shape index (κ2) is 8.70. The highest BCUT2D eigenvalue weighted by atomic mass is 16.5. The highest BCUT2D eigenvalue weighted by Gasteiger charge is 2.17. The molecule has 0 fully saturated rings. The molecule has 0 aliphatic rings. The van der Waals surface area contributed by atoms with E-state index in [1.54, 1.807) is 7.11 Å². The van der Waals surface area contributed by atoms with Gasteiger partial charge >= 0.3 is 0 Å². The van der Waals surface area contributed by atoms with Gasteiger partial charge in [-0.05, 0) is 61.4 Å². The summed E-state index contributed by atoms with van der Waals surface area (Å²) < 4.78 is 5.46. The van der Waals surface area contributed by atoms with Crippen LogP contribution in [0.15, 0.2) is 42.5 Å². The van der Waals surface area contributed by atoms with Crippen molar-refractivity contribution in [1.29, 1.82) is 0 Å². The molecule has 3 heteroatoms. The van der Waals surface area contributed by atoms with E-state index < -0.39 is 0 Å². The molecule has 0 aromatic heterocycles. The van der Waals surface area contributed by atoms with E-state index in [0.717, 1.165) is 35.3 Å². The fourth-order valence-electron chi connectivity index (χ4n) is 2.97. The van der Waals surface area contributed by atoms with Crippen LogP contribution in [0.3, 0.4) is 0 Å². The summed E-state index contributed by atoms with van der Waals surface area (Å²) in [5.74, 6) is 1.14. The minimum Gasteiger partial charge on any atom is -0.496 e. The van der Waals surface area contributed by atoms with Crippen molar-refractivity contribution in [2.75, 3.05) is 7.11 Å². The predicted octanol–water partition coefficient (Wildman–Crippen LogP) is 4.88. The number of aryl methyl sites for hydroxylation is 2. The van der Waals surface area contributed by atoms with Crippen molar-refractivity contribution in [2.24, 2.45) is 0 Å². The van der Waals surface area contributed by atoms with Crippen molar-refractivity contribution in [3.63, 3.8) is 0 Å². The molecule has 2 aromatic rings. The van der Waals surface area contributed by atoms with Gasteiger partial charge in [0, 0.05) is 11.6 Å². The number of carbonyl (C=O) groups is 1. The average Bonchev–Trinajstić information content (AvgIpc) is 2.60. The van der Waals surface area contributed by atoms with E-state index in [4.69, 9.17) is 4.74 Å². The van der Waals surface area contributed by atoms with E-state index in [-0.39, 0.29) is 11.9 Å². The Labute approximate surface area is 151 Å². The van der Waals surface area contributed by atoms with E-state index in [0.29, 0.717) is 5.92 Å². The predicted molar refractivity (Wildman–Crippen MR) is 104 cm³/mol. The van der Waals surface area contributed by atoms with E-state index in [1.165, 1.54) is 5.56 Å². The first-order chi connectivity index (χ1) is 11.9. The number of ether oxygens (including phenoxy) is 1. The number of rotatable bonds is 7. The lowest BCUT2D eigenvalue weighted by molar-refractivity contribution is 0.0937. The topological polar surface area (TPSA) is 38.3 Å². The maximum absolute atomic E-state index is 12.7. The Bertz CT molecular complexity index is 707. The van der Waals surface area contributed by atoms with Gasteiger partial charge in [-0.1, -0.05) is 44.2 Å². The van der Waals surface area contributed by atoms with E-state index in [9.17, 15) is 4.79 Å². The first-order valence-electron chi connectivity index (χ1n) is 8.95. The molecule has 0 bridgehead atoms. The van der Waals surface area contributed by atoms with Crippen LogP contribution >= 0.6 is 0 Å². The highest BCUT2D eigenvalue weighted by Crippen LogP contribution is 2.29. The third kappa shape index (κ3) is 5.09. The van der Waals surface area contributed by atoms with Crippen LogP contribution in [0.5, 0.6) is 5.75 Å². The van der Waals surface area contributed by atoms with Gasteiger partial charge in [-0.2, -0.15) is 0 Å². The van der Waals surface area contributed by atoms with Crippen LogP contribution in [0, 0.1) is 6.92 Å². The van der Waals surface area contributed by atoms with Crippen molar-refractivity contribution in [1.82, 2.24) is 5.32 Å². The SMILES string of the molecule is COc1cc(C)c(C(=O)NC(C)CCc2ccccc2)cc1C(C)C. The van der Waals surface area contributed by atoms with Gasteiger partial charge < -0.3 is 10.1 Å². The molecule has 1 amide bonds. The van der Waals surface area contributed by atoms with E-state index in [2.05, 4.69) is 38.2 Å². The van der Waals surface area contributed by atoms with Crippen LogP contribution < -0.4 is 10.1 Å². The minimum absolute atomic E-state index is 0.0115. The molecule has 0 saturated heterocycles. The zero-order valence-corrected chi connectivity index (χ0v) is 15.9. The number of benzene rings is 2. The van der Waals surface area contributed by atoms with Crippen molar-refractivity contribution in [2.45, 2.75) is 52.5 Å². The average molecular weight is 339 g/mol. The third-order valence-electron chi connectivity index (χ3n) is 4.53. The molecule has 0 aliphatic carbocycles. The summed E-state index contributed by atoms with van der Waals surface area (Å²) in [5.41, 5.74) is 4.03. The van der Waals surface area contributed by atoms with Gasteiger partial charge in [0.2, 0.25) is 0 Å². The lowest BCUT2D eigenvalue weighted by atomic mass is 9.96. The molecule has 3 nitrogen and oxygen atoms in total. The Morgan fingerprint density at radius 3 is 2.40 bits per heavy atom. The van der Waals surface area contributed by atoms with Crippen LogP contribution in [-0.2, 0) is 6.42 Å². The number of hydrogen-bond donors (Lipinski definition) is 1. The molecule has 0 heterocycles. The Morgan fingerprint density at radius 1 is 1.12 bits per heavy atom. The minimum atomic E-state index is -0.0115. The second-order valence-electron chi connectivity index (χ2n) is 6.96. The number of hydrogen-bond acceptors (Lipinski definition) is 2. The van der Waals surface area contributed by atoms with Crippen molar-refractivity contribution < 1.29 is 9.53 Å². The van der Waals surface area contributed by atoms with E-state index >= 15 is 0 Å². The van der Waals surface area contributed by atoms with Gasteiger partial charge in [0.05, 0.1) is 7.11 Å². The summed E-state index contributed by atoms with van der Waals surface area (Å²) in [7, 11) is 1.67. The highest BCUT2D eigenvalue weighted by molar-refractivity contribution is 5.96. The molecule has 25 heavy (non-hydrogen) atoms. The Balaban J connectivity index is 2.05. The molecule has 0 radical (unpaired) electrons. The lowest BCUT2D eigenvalue weighted by Crippen LogP contribution is -2.33. The van der Waals surface area contributed by atoms with Crippen LogP contribution in [0.4, 0.5) is 0 Å². The summed E-state index contributed by atoms with van der Waals surface area (Å²) >= 11 is 0. The number of nitrogens with one attached hydrogen (secondary N) is 1. The maximum Gasteiger partial charge on any atom is 0.251 e. The zero-order chi connectivity index (χ0) is 18.4. The molecule has 134 valence electrons. The van der Waals surface area contributed by atoms with Gasteiger partial charge in [-0.15, -0.1) is 0 Å². The summed E-state index contributed by atoms with van der Waals surface area (Å²) in [4.78, 5) is 12.7. The van der Waals surface area contributed by atoms with Gasteiger partial charge in [0.15, 0.2) is 0 Å². The standard InChI is InChI=1S/C22H29NO2/c1-15(2)19-14-20(16(3)13-21(19)25-5)22(24)23-17(4)11-12-18-9-7-6-8-10-18/h6-10,13-15,17H,11-12H2,1-5H3,(H,23,24). The summed E-state index contributed by atoms with van der Waals surface area (Å²) in [6.07, 6.45) is 1.88. The van der Waals surface area contributed by atoms with Gasteiger partial charge in [-0.3, -0.25) is 4.79 Å². The normalized spacial score (nSPS) is 12.1. The van der Waals surface area contributed by atoms with E-state index in [1.807, 2.05) is 37.3 Å². The Kier molecular flexibility index (Phi) is 6.63. The largest absolute Gasteiger partial charge is 0.496 e. The van der Waals surface area contributed by atoms with Crippen molar-refractivity contribution >= 4 is 5.91 Å². The summed E-state index contributed by atoms with van der Waals surface area (Å²) in [5, 5.41) is 3.13. The van der Waals surface area contributed by atoms with Gasteiger partial charge in [0.25, 0.3) is 5.91 Å². The van der Waals surface area contributed by atoms with Crippen LogP contribution in [-0.4, -0.2) is 19.1 Å². The quantitative estimate of drug-likeness (QED) is 0.781. The fourth-order valence-corrected chi connectivity index (χ4v) is 2.97. The van der Waals surface area contributed by atoms with Gasteiger partial charge in [0.1, 0.15) is 5.75 Å². The monoisotopic (exact) mass is 339 g/mol. The summed E-state index contributed by atoms with van der Waals surface area (Å²) in [6, 6.07) is 14.4. The third-order valence-corrected chi connectivity index (χ3v) is 4.53. The molecule has 0 saturated carbocycles. The molecule has 1 atom stereocenters. The molecular formula is C22H29NO2. The molecule has 2 aromatic carbocycles. The van der Waals surface area contributed by atoms with Crippen molar-refractivity contribution in [3.05, 3.63) is 64.7 Å². The molecule has 0 aliphatic heterocycles. The van der Waals surface area contributed by atoms with Crippen LogP contribution in [0.25, 0.3) is 0 Å². The fraction of sp³-hybridized carbons (Fsp3) is 0.409. The molecular weight excluding hydrogens is 310 g/mol. The first kappa shape index (κ1) is 19.0. The van der Waals surface area contributed by atoms with Crippen LogP contribution in [0.2, 0.25) is 0 Å². The second-order valence-corrected chi connectivity index (χ2v) is 6.96. The molecule has 2 rings (SSSR count). The number of methoxy groups -OCH3 is 1. The molecule has 1 N–H and O–H groups in total. The molecule has 1 unspecified atom stereocenters. The molecule has 0 spiro atoms. The zero-order valence-electron chi connectivity index (χ0n) is 15.9. The summed E-state index contributed by atoms with van der Waals surface area (Å²) in [6.45, 7) is 8.23. The Hall–Kier alpha value is -2.29. The van der Waals surface area contributed by atoms with Gasteiger partial charge in [-0.25, -0.2) is 0 Å². The first-order valence-corrected chi connectivity index (χ1v) is 8.95. The number of carbonyl (C=O) groups excluding carboxylic acids is 1. The van der Waals surface area contributed by atoms with Crippen molar-refractivity contribution in [3.8, 4) is 5.75 Å².